The van der Waals surface area contributed by atoms with Gasteiger partial charge in [-0.1, -0.05) is 18.2 Å². The largest absolute Gasteiger partial charge is 0.323 e. The van der Waals surface area contributed by atoms with Gasteiger partial charge in [0.1, 0.15) is 5.82 Å². The van der Waals surface area contributed by atoms with Crippen LogP contribution in [-0.2, 0) is 6.54 Å². The molecule has 136 valence electrons. The number of anilines is 1. The Hall–Kier alpha value is -2.47. The quantitative estimate of drug-likeness (QED) is 0.920. The first kappa shape index (κ1) is 17.0. The number of fused-ring (bicyclic) bond motifs is 4. The van der Waals surface area contributed by atoms with Gasteiger partial charge in [-0.15, -0.1) is 0 Å². The number of carbonyl (C=O) groups excluding carboxylic acids is 1. The third-order valence-electron chi connectivity index (χ3n) is 5.32. The lowest BCUT2D eigenvalue weighted by Gasteiger charge is -2.35. The van der Waals surface area contributed by atoms with Gasteiger partial charge < -0.3 is 10.2 Å². The van der Waals surface area contributed by atoms with Gasteiger partial charge in [-0.3, -0.25) is 9.88 Å². The fourth-order valence-electron chi connectivity index (χ4n) is 4.00. The fraction of sp³-hybridized carbons (Fsp3) is 0.400. The molecule has 0 unspecified atom stereocenters. The Labute approximate surface area is 152 Å². The summed E-state index contributed by atoms with van der Waals surface area (Å²) in [6.07, 6.45) is 4.04. The standard InChI is InChI=1S/C20H23FN4O/c21-18-6-1-2-7-19(18)23-20(26)25-12-15-8-9-17(14-25)24(11-15)13-16-5-3-4-10-22-16/h1-7,10,15,17H,8-9,11-14H2,(H,23,26)/t15-,17-/m0/s1. The lowest BCUT2D eigenvalue weighted by atomic mass is 9.95. The molecule has 2 amide bonds. The molecule has 3 saturated heterocycles. The van der Waals surface area contributed by atoms with E-state index in [4.69, 9.17) is 0 Å². The van der Waals surface area contributed by atoms with Crippen LogP contribution in [0.3, 0.4) is 0 Å². The molecule has 0 saturated carbocycles. The van der Waals surface area contributed by atoms with E-state index in [0.29, 0.717) is 18.5 Å². The number of para-hydroxylation sites is 1. The number of rotatable bonds is 3. The van der Waals surface area contributed by atoms with Crippen LogP contribution in [0, 0.1) is 11.7 Å². The van der Waals surface area contributed by atoms with Crippen LogP contribution in [0.2, 0.25) is 0 Å². The molecule has 6 heteroatoms. The zero-order valence-corrected chi connectivity index (χ0v) is 14.6. The third-order valence-corrected chi connectivity index (χ3v) is 5.32. The second-order valence-electron chi connectivity index (χ2n) is 7.16. The molecular formula is C20H23FN4O. The van der Waals surface area contributed by atoms with Crippen molar-refractivity contribution in [1.82, 2.24) is 14.8 Å². The first-order chi connectivity index (χ1) is 12.7. The van der Waals surface area contributed by atoms with Crippen LogP contribution in [0.25, 0.3) is 0 Å². The minimum Gasteiger partial charge on any atom is -0.323 e. The summed E-state index contributed by atoms with van der Waals surface area (Å²) in [6, 6.07) is 12.4. The van der Waals surface area contributed by atoms with Gasteiger partial charge in [0.2, 0.25) is 0 Å². The van der Waals surface area contributed by atoms with Crippen molar-refractivity contribution in [3.05, 3.63) is 60.2 Å². The third kappa shape index (κ3) is 3.70. The Morgan fingerprint density at radius 3 is 2.77 bits per heavy atom. The monoisotopic (exact) mass is 354 g/mol. The van der Waals surface area contributed by atoms with E-state index in [1.807, 2.05) is 29.3 Å². The topological polar surface area (TPSA) is 48.5 Å². The maximum Gasteiger partial charge on any atom is 0.321 e. The van der Waals surface area contributed by atoms with E-state index < -0.39 is 5.82 Å². The molecule has 2 aromatic rings. The number of nitrogens with zero attached hydrogens (tertiary/aromatic N) is 3. The Kier molecular flexibility index (Phi) is 4.84. The summed E-state index contributed by atoms with van der Waals surface area (Å²) < 4.78 is 13.8. The van der Waals surface area contributed by atoms with E-state index in [9.17, 15) is 9.18 Å². The summed E-state index contributed by atoms with van der Waals surface area (Å²) >= 11 is 0. The first-order valence-electron chi connectivity index (χ1n) is 9.13. The number of aromatic nitrogens is 1. The van der Waals surface area contributed by atoms with Gasteiger partial charge in [-0.05, 0) is 43.0 Å². The molecule has 5 rings (SSSR count). The fourth-order valence-corrected chi connectivity index (χ4v) is 4.00. The van der Waals surface area contributed by atoms with Crippen LogP contribution < -0.4 is 5.32 Å². The Balaban J connectivity index is 1.44. The summed E-state index contributed by atoms with van der Waals surface area (Å²) in [5, 5.41) is 2.72. The van der Waals surface area contributed by atoms with Crippen molar-refractivity contribution < 1.29 is 9.18 Å². The average molecular weight is 354 g/mol. The first-order valence-corrected chi connectivity index (χ1v) is 9.13. The van der Waals surface area contributed by atoms with Crippen LogP contribution in [0.5, 0.6) is 0 Å². The van der Waals surface area contributed by atoms with E-state index in [0.717, 1.165) is 38.2 Å². The van der Waals surface area contributed by atoms with E-state index in [2.05, 4.69) is 15.2 Å². The molecular weight excluding hydrogens is 331 g/mol. The van der Waals surface area contributed by atoms with Gasteiger partial charge in [0.15, 0.2) is 0 Å². The van der Waals surface area contributed by atoms with Crippen LogP contribution in [-0.4, -0.2) is 46.5 Å². The van der Waals surface area contributed by atoms with Gasteiger partial charge in [-0.2, -0.15) is 0 Å². The second-order valence-corrected chi connectivity index (χ2v) is 7.16. The molecule has 2 atom stereocenters. The van der Waals surface area contributed by atoms with Crippen molar-refractivity contribution in [2.24, 2.45) is 5.92 Å². The Morgan fingerprint density at radius 2 is 1.96 bits per heavy atom. The molecule has 1 aromatic carbocycles. The van der Waals surface area contributed by atoms with Crippen molar-refractivity contribution in [1.29, 1.82) is 0 Å². The van der Waals surface area contributed by atoms with Crippen LogP contribution in [0.1, 0.15) is 18.5 Å². The molecule has 0 radical (unpaired) electrons. The van der Waals surface area contributed by atoms with Crippen LogP contribution in [0.4, 0.5) is 14.9 Å². The van der Waals surface area contributed by atoms with Crippen molar-refractivity contribution in [3.8, 4) is 0 Å². The number of nitrogens with one attached hydrogen (secondary N) is 1. The van der Waals surface area contributed by atoms with Crippen molar-refractivity contribution >= 4 is 11.7 Å². The highest BCUT2D eigenvalue weighted by Crippen LogP contribution is 2.29. The highest BCUT2D eigenvalue weighted by atomic mass is 19.1. The summed E-state index contributed by atoms with van der Waals surface area (Å²) in [6.45, 7) is 3.18. The minimum absolute atomic E-state index is 0.216. The van der Waals surface area contributed by atoms with Gasteiger partial charge in [0, 0.05) is 38.4 Å². The van der Waals surface area contributed by atoms with Gasteiger partial charge in [0.05, 0.1) is 11.4 Å². The second kappa shape index (κ2) is 7.41. The molecule has 3 fully saturated rings. The molecule has 0 aliphatic carbocycles. The Bertz CT molecular complexity index is 769. The smallest absolute Gasteiger partial charge is 0.321 e. The molecule has 2 bridgehead atoms. The highest BCUT2D eigenvalue weighted by Gasteiger charge is 2.36. The van der Waals surface area contributed by atoms with E-state index in [-0.39, 0.29) is 11.7 Å². The minimum atomic E-state index is -0.407. The maximum atomic E-state index is 13.8. The predicted molar refractivity (Wildman–Crippen MR) is 98.2 cm³/mol. The molecule has 1 aromatic heterocycles. The number of piperidine rings is 1. The Morgan fingerprint density at radius 1 is 1.12 bits per heavy atom. The number of halogens is 1. The SMILES string of the molecule is O=C(Nc1ccccc1F)N1C[C@H]2CC[C@@H](C1)N(Cc1ccccn1)C2. The molecule has 3 aliphatic heterocycles. The van der Waals surface area contributed by atoms with Crippen LogP contribution >= 0.6 is 0 Å². The average Bonchev–Trinajstić information content (AvgIpc) is 2.96. The van der Waals surface area contributed by atoms with E-state index >= 15 is 0 Å². The van der Waals surface area contributed by atoms with Gasteiger partial charge in [-0.25, -0.2) is 9.18 Å². The zero-order chi connectivity index (χ0) is 17.9. The van der Waals surface area contributed by atoms with Crippen molar-refractivity contribution in [2.45, 2.75) is 25.4 Å². The summed E-state index contributed by atoms with van der Waals surface area (Å²) in [7, 11) is 0. The van der Waals surface area contributed by atoms with Crippen LogP contribution in [0.15, 0.2) is 48.7 Å². The number of hydrogen-bond donors (Lipinski definition) is 1. The molecule has 26 heavy (non-hydrogen) atoms. The van der Waals surface area contributed by atoms with Crippen molar-refractivity contribution in [2.75, 3.05) is 25.0 Å². The number of hydrogen-bond acceptors (Lipinski definition) is 3. The summed E-state index contributed by atoms with van der Waals surface area (Å²) in [5.74, 6) is 0.0410. The van der Waals surface area contributed by atoms with Gasteiger partial charge >= 0.3 is 6.03 Å². The lowest BCUT2D eigenvalue weighted by Crippen LogP contribution is -2.44. The number of urea groups is 1. The molecule has 3 aliphatic rings. The molecule has 0 spiro atoms. The predicted octanol–water partition coefficient (Wildman–Crippen LogP) is 3.35. The summed E-state index contributed by atoms with van der Waals surface area (Å²) in [5.41, 5.74) is 1.29. The summed E-state index contributed by atoms with van der Waals surface area (Å²) in [4.78, 5) is 21.4. The van der Waals surface area contributed by atoms with E-state index in [1.165, 1.54) is 6.07 Å². The number of benzene rings is 1. The van der Waals surface area contributed by atoms with Gasteiger partial charge in [0.25, 0.3) is 0 Å². The molecule has 1 N–H and O–H groups in total. The number of carbonyl (C=O) groups is 1. The molecule has 4 heterocycles. The normalized spacial score (nSPS) is 22.9. The van der Waals surface area contributed by atoms with Crippen molar-refractivity contribution in [3.63, 3.8) is 0 Å². The zero-order valence-electron chi connectivity index (χ0n) is 14.6. The maximum absolute atomic E-state index is 13.8. The highest BCUT2D eigenvalue weighted by molar-refractivity contribution is 5.89. The molecule has 5 nitrogen and oxygen atoms in total. The number of amides is 2. The lowest BCUT2D eigenvalue weighted by molar-refractivity contribution is 0.123. The number of pyridine rings is 1. The van der Waals surface area contributed by atoms with E-state index in [1.54, 1.807) is 18.2 Å².